The molecule has 1 saturated heterocycles. The van der Waals surface area contributed by atoms with Crippen LogP contribution in [-0.4, -0.2) is 45.7 Å². The molecule has 7 heteroatoms. The van der Waals surface area contributed by atoms with Crippen molar-refractivity contribution in [1.29, 1.82) is 0 Å². The summed E-state index contributed by atoms with van der Waals surface area (Å²) >= 11 is 0. The standard InChI is InChI=1S/C24H22N4O3/c1-30-20-13-11-18(12-14-20)23(28-25-21-9-5-6-10-22(21)26-28)27-19(16-31-24(27)29)15-17-7-3-2-4-8-17/h2-14,19,23H,15-16H2,1H3/t19-,23?/m0/s1. The van der Waals surface area contributed by atoms with E-state index in [-0.39, 0.29) is 12.1 Å². The molecule has 1 amide bonds. The van der Waals surface area contributed by atoms with Gasteiger partial charge < -0.3 is 9.47 Å². The monoisotopic (exact) mass is 414 g/mol. The van der Waals surface area contributed by atoms with Crippen molar-refractivity contribution in [3.05, 3.63) is 90.0 Å². The van der Waals surface area contributed by atoms with Gasteiger partial charge in [-0.3, -0.25) is 4.90 Å². The lowest BCUT2D eigenvalue weighted by Crippen LogP contribution is -2.42. The first-order chi connectivity index (χ1) is 15.2. The number of nitrogens with zero attached hydrogens (tertiary/aromatic N) is 4. The van der Waals surface area contributed by atoms with Gasteiger partial charge in [0.2, 0.25) is 0 Å². The summed E-state index contributed by atoms with van der Waals surface area (Å²) in [6.45, 7) is 0.321. The van der Waals surface area contributed by atoms with Crippen molar-refractivity contribution in [2.45, 2.75) is 18.6 Å². The average Bonchev–Trinajstić information content (AvgIpc) is 3.39. The van der Waals surface area contributed by atoms with Crippen molar-refractivity contribution in [2.24, 2.45) is 0 Å². The van der Waals surface area contributed by atoms with E-state index in [1.807, 2.05) is 66.7 Å². The number of hydrogen-bond donors (Lipinski definition) is 0. The largest absolute Gasteiger partial charge is 0.497 e. The molecule has 1 aromatic heterocycles. The van der Waals surface area contributed by atoms with Crippen molar-refractivity contribution in [2.75, 3.05) is 13.7 Å². The normalized spacial score (nSPS) is 17.0. The zero-order chi connectivity index (χ0) is 21.2. The summed E-state index contributed by atoms with van der Waals surface area (Å²) in [7, 11) is 1.63. The minimum absolute atomic E-state index is 0.142. The van der Waals surface area contributed by atoms with E-state index < -0.39 is 6.17 Å². The number of carbonyl (C=O) groups excluding carboxylic acids is 1. The second-order valence-electron chi connectivity index (χ2n) is 7.48. The first kappa shape index (κ1) is 19.1. The second-order valence-corrected chi connectivity index (χ2v) is 7.48. The Hall–Kier alpha value is -3.87. The van der Waals surface area contributed by atoms with Crippen LogP contribution < -0.4 is 4.74 Å². The minimum atomic E-state index is -0.540. The molecule has 0 bridgehead atoms. The van der Waals surface area contributed by atoms with E-state index in [1.165, 1.54) is 0 Å². The molecule has 0 saturated carbocycles. The van der Waals surface area contributed by atoms with Crippen LogP contribution in [0.5, 0.6) is 5.75 Å². The number of hydrogen-bond acceptors (Lipinski definition) is 5. The summed E-state index contributed by atoms with van der Waals surface area (Å²) in [5, 5.41) is 9.35. The van der Waals surface area contributed by atoms with Crippen LogP contribution in [0.15, 0.2) is 78.9 Å². The molecule has 31 heavy (non-hydrogen) atoms. The quantitative estimate of drug-likeness (QED) is 0.476. The molecule has 156 valence electrons. The van der Waals surface area contributed by atoms with Crippen molar-refractivity contribution in [3.63, 3.8) is 0 Å². The van der Waals surface area contributed by atoms with Crippen molar-refractivity contribution in [3.8, 4) is 5.75 Å². The number of carbonyl (C=O) groups is 1. The molecule has 1 fully saturated rings. The van der Waals surface area contributed by atoms with Gasteiger partial charge >= 0.3 is 6.09 Å². The Labute approximate surface area is 179 Å². The molecule has 1 aliphatic heterocycles. The molecule has 0 spiro atoms. The number of ether oxygens (including phenoxy) is 2. The fraction of sp³-hybridized carbons (Fsp3) is 0.208. The number of benzene rings is 3. The lowest BCUT2D eigenvalue weighted by atomic mass is 10.0. The Balaban J connectivity index is 1.58. The summed E-state index contributed by atoms with van der Waals surface area (Å²) in [4.78, 5) is 16.3. The first-order valence-corrected chi connectivity index (χ1v) is 10.2. The Bertz CT molecular complexity index is 1160. The average molecular weight is 414 g/mol. The lowest BCUT2D eigenvalue weighted by Gasteiger charge is -2.30. The van der Waals surface area contributed by atoms with Crippen LogP contribution >= 0.6 is 0 Å². The number of methoxy groups -OCH3 is 1. The van der Waals surface area contributed by atoms with Crippen LogP contribution in [0.3, 0.4) is 0 Å². The number of aromatic nitrogens is 3. The maximum atomic E-state index is 12.9. The molecular weight excluding hydrogens is 392 g/mol. The fourth-order valence-electron chi connectivity index (χ4n) is 3.98. The van der Waals surface area contributed by atoms with Gasteiger partial charge in [0.1, 0.15) is 23.4 Å². The molecule has 1 unspecified atom stereocenters. The van der Waals surface area contributed by atoms with Gasteiger partial charge in [0.15, 0.2) is 6.17 Å². The molecular formula is C24H22N4O3. The molecule has 5 rings (SSSR count). The van der Waals surface area contributed by atoms with Gasteiger partial charge in [-0.1, -0.05) is 54.6 Å². The molecule has 1 aliphatic rings. The molecule has 7 nitrogen and oxygen atoms in total. The summed E-state index contributed by atoms with van der Waals surface area (Å²) in [6.07, 6.45) is -0.231. The van der Waals surface area contributed by atoms with Crippen LogP contribution in [0, 0.1) is 0 Å². The predicted molar refractivity (Wildman–Crippen MR) is 116 cm³/mol. The maximum Gasteiger partial charge on any atom is 0.412 e. The van der Waals surface area contributed by atoms with E-state index in [1.54, 1.807) is 16.8 Å². The number of cyclic esters (lactones) is 1. The first-order valence-electron chi connectivity index (χ1n) is 10.2. The summed E-state index contributed by atoms with van der Waals surface area (Å²) < 4.78 is 10.8. The summed E-state index contributed by atoms with van der Waals surface area (Å²) in [5.74, 6) is 0.742. The SMILES string of the molecule is COc1ccc(C(N2C(=O)OC[C@@H]2Cc2ccccc2)n2nc3ccccc3n2)cc1. The Morgan fingerprint density at radius 2 is 1.61 bits per heavy atom. The van der Waals surface area contributed by atoms with Gasteiger partial charge in [0.25, 0.3) is 0 Å². The van der Waals surface area contributed by atoms with Gasteiger partial charge in [-0.15, -0.1) is 0 Å². The van der Waals surface area contributed by atoms with Crippen LogP contribution in [-0.2, 0) is 11.2 Å². The zero-order valence-corrected chi connectivity index (χ0v) is 17.1. The fourth-order valence-corrected chi connectivity index (χ4v) is 3.98. The van der Waals surface area contributed by atoms with Crippen LogP contribution in [0.25, 0.3) is 11.0 Å². The van der Waals surface area contributed by atoms with Gasteiger partial charge in [-0.2, -0.15) is 15.0 Å². The highest BCUT2D eigenvalue weighted by molar-refractivity contribution is 5.73. The topological polar surface area (TPSA) is 69.5 Å². The minimum Gasteiger partial charge on any atom is -0.497 e. The summed E-state index contributed by atoms with van der Waals surface area (Å²) in [5.41, 5.74) is 3.56. The van der Waals surface area contributed by atoms with Crippen LogP contribution in [0.4, 0.5) is 4.79 Å². The molecule has 0 N–H and O–H groups in total. The number of amides is 1. The van der Waals surface area contributed by atoms with E-state index in [4.69, 9.17) is 9.47 Å². The zero-order valence-electron chi connectivity index (χ0n) is 17.1. The highest BCUT2D eigenvalue weighted by Crippen LogP contribution is 2.31. The van der Waals surface area contributed by atoms with E-state index >= 15 is 0 Å². The smallest absolute Gasteiger partial charge is 0.412 e. The Morgan fingerprint density at radius 1 is 0.968 bits per heavy atom. The Kier molecular flexibility index (Phi) is 5.00. The van der Waals surface area contributed by atoms with Crippen molar-refractivity contribution < 1.29 is 14.3 Å². The van der Waals surface area contributed by atoms with Gasteiger partial charge in [-0.25, -0.2) is 4.79 Å². The highest BCUT2D eigenvalue weighted by Gasteiger charge is 2.41. The molecule has 3 aromatic carbocycles. The van der Waals surface area contributed by atoms with Crippen LogP contribution in [0.1, 0.15) is 17.3 Å². The van der Waals surface area contributed by atoms with Crippen molar-refractivity contribution >= 4 is 17.1 Å². The highest BCUT2D eigenvalue weighted by atomic mass is 16.6. The van der Waals surface area contributed by atoms with Gasteiger partial charge in [0, 0.05) is 0 Å². The van der Waals surface area contributed by atoms with E-state index in [0.29, 0.717) is 13.0 Å². The third-order valence-corrected chi connectivity index (χ3v) is 5.52. The van der Waals surface area contributed by atoms with Gasteiger partial charge in [-0.05, 0) is 41.8 Å². The molecule has 0 aliphatic carbocycles. The molecule has 4 aromatic rings. The van der Waals surface area contributed by atoms with Crippen LogP contribution in [0.2, 0.25) is 0 Å². The maximum absolute atomic E-state index is 12.9. The molecule has 2 heterocycles. The van der Waals surface area contributed by atoms with Gasteiger partial charge in [0.05, 0.1) is 13.2 Å². The third kappa shape index (κ3) is 3.70. The molecule has 0 radical (unpaired) electrons. The number of rotatable bonds is 6. The predicted octanol–water partition coefficient (Wildman–Crippen LogP) is 4.05. The second kappa shape index (κ2) is 8.10. The lowest BCUT2D eigenvalue weighted by molar-refractivity contribution is 0.127. The Morgan fingerprint density at radius 3 is 2.26 bits per heavy atom. The third-order valence-electron chi connectivity index (χ3n) is 5.52. The number of fused-ring (bicyclic) bond motifs is 1. The summed E-state index contributed by atoms with van der Waals surface area (Å²) in [6, 6.07) is 25.2. The molecule has 2 atom stereocenters. The van der Waals surface area contributed by atoms with Crippen molar-refractivity contribution in [1.82, 2.24) is 19.9 Å². The van der Waals surface area contributed by atoms with E-state index in [0.717, 1.165) is 27.9 Å². The van der Waals surface area contributed by atoms with E-state index in [9.17, 15) is 4.79 Å². The van der Waals surface area contributed by atoms with E-state index in [2.05, 4.69) is 22.3 Å².